The number of nitrogens with one attached hydrogen (secondary N) is 1. The fourth-order valence-corrected chi connectivity index (χ4v) is 3.75. The molecule has 3 aliphatic heterocycles. The first-order valence-corrected chi connectivity index (χ1v) is 10.1. The highest BCUT2D eigenvalue weighted by Gasteiger charge is 2.30. The van der Waals surface area contributed by atoms with Gasteiger partial charge in [0.15, 0.2) is 17.5 Å². The van der Waals surface area contributed by atoms with E-state index in [1.54, 1.807) is 0 Å². The Bertz CT molecular complexity index is 725. The molecule has 0 spiro atoms. The van der Waals surface area contributed by atoms with Crippen LogP contribution in [0.25, 0.3) is 0 Å². The summed E-state index contributed by atoms with van der Waals surface area (Å²) in [5.74, 6) is 2.58. The van der Waals surface area contributed by atoms with Gasteiger partial charge in [-0.1, -0.05) is 6.07 Å². The largest absolute Gasteiger partial charge is 0.454 e. The summed E-state index contributed by atoms with van der Waals surface area (Å²) < 4.78 is 16.3. The van der Waals surface area contributed by atoms with Crippen molar-refractivity contribution < 1.29 is 19.0 Å². The molecule has 3 heterocycles. The lowest BCUT2D eigenvalue weighted by Crippen LogP contribution is -2.55. The Labute approximate surface area is 165 Å². The fourth-order valence-electron chi connectivity index (χ4n) is 3.75. The molecule has 1 aromatic rings. The Morgan fingerprint density at radius 2 is 1.96 bits per heavy atom. The first-order chi connectivity index (χ1) is 13.7. The molecule has 0 saturated carbocycles. The van der Waals surface area contributed by atoms with Crippen LogP contribution in [-0.4, -0.2) is 73.9 Å². The van der Waals surface area contributed by atoms with Gasteiger partial charge in [0.2, 0.25) is 6.79 Å². The van der Waals surface area contributed by atoms with Gasteiger partial charge in [-0.25, -0.2) is 4.99 Å². The second-order valence-corrected chi connectivity index (χ2v) is 7.17. The first-order valence-electron chi connectivity index (χ1n) is 10.1. The third-order valence-electron chi connectivity index (χ3n) is 5.28. The van der Waals surface area contributed by atoms with Crippen LogP contribution in [-0.2, 0) is 16.1 Å². The quantitative estimate of drug-likeness (QED) is 0.617. The molecule has 0 aliphatic carbocycles. The zero-order valence-corrected chi connectivity index (χ0v) is 16.4. The van der Waals surface area contributed by atoms with E-state index in [4.69, 9.17) is 19.2 Å². The molecule has 0 aromatic heterocycles. The predicted molar refractivity (Wildman–Crippen MR) is 105 cm³/mol. The maximum atomic E-state index is 12.5. The average Bonchev–Trinajstić information content (AvgIpc) is 3.42. The standard InChI is InChI=1S/C20H28N4O4/c1-2-21-20(22-13-15-5-6-16-18(12-15)28-14-27-16)24-9-7-23(8-10-24)19(25)17-4-3-11-26-17/h5-6,12,17H,2-4,7-11,13-14H2,1H3,(H,21,22). The SMILES string of the molecule is CCNC(=NCc1ccc2c(c1)OCO2)N1CCN(C(=O)C2CCCO2)CC1. The summed E-state index contributed by atoms with van der Waals surface area (Å²) in [7, 11) is 0. The van der Waals surface area contributed by atoms with Gasteiger partial charge in [-0.05, 0) is 37.5 Å². The van der Waals surface area contributed by atoms with Crippen molar-refractivity contribution in [3.05, 3.63) is 23.8 Å². The Morgan fingerprint density at radius 1 is 1.18 bits per heavy atom. The highest BCUT2D eigenvalue weighted by atomic mass is 16.7. The number of aliphatic imine (C=N–C) groups is 1. The van der Waals surface area contributed by atoms with Crippen molar-refractivity contribution in [3.63, 3.8) is 0 Å². The van der Waals surface area contributed by atoms with E-state index < -0.39 is 0 Å². The molecule has 8 heteroatoms. The number of carbonyl (C=O) groups excluding carboxylic acids is 1. The molecule has 0 radical (unpaired) electrons. The van der Waals surface area contributed by atoms with E-state index in [1.165, 1.54) is 0 Å². The van der Waals surface area contributed by atoms with Crippen LogP contribution in [0.5, 0.6) is 11.5 Å². The van der Waals surface area contributed by atoms with Crippen LogP contribution in [0.1, 0.15) is 25.3 Å². The van der Waals surface area contributed by atoms with Crippen molar-refractivity contribution >= 4 is 11.9 Å². The molecule has 0 bridgehead atoms. The van der Waals surface area contributed by atoms with Crippen LogP contribution in [0, 0.1) is 0 Å². The molecule has 1 amide bonds. The lowest BCUT2D eigenvalue weighted by atomic mass is 10.2. The molecule has 1 unspecified atom stereocenters. The number of hydrogen-bond acceptors (Lipinski definition) is 5. The monoisotopic (exact) mass is 388 g/mol. The van der Waals surface area contributed by atoms with Crippen LogP contribution in [0.3, 0.4) is 0 Å². The zero-order chi connectivity index (χ0) is 19.3. The first kappa shape index (κ1) is 18.9. The summed E-state index contributed by atoms with van der Waals surface area (Å²) in [4.78, 5) is 21.5. The van der Waals surface area contributed by atoms with Crippen LogP contribution >= 0.6 is 0 Å². The van der Waals surface area contributed by atoms with Crippen LogP contribution in [0.2, 0.25) is 0 Å². The topological polar surface area (TPSA) is 75.6 Å². The number of carbonyl (C=O) groups is 1. The molecule has 28 heavy (non-hydrogen) atoms. The molecule has 4 rings (SSSR count). The van der Waals surface area contributed by atoms with Gasteiger partial charge >= 0.3 is 0 Å². The van der Waals surface area contributed by atoms with Crippen LogP contribution < -0.4 is 14.8 Å². The summed E-state index contributed by atoms with van der Waals surface area (Å²) in [5.41, 5.74) is 1.08. The molecular formula is C20H28N4O4. The van der Waals surface area contributed by atoms with Gasteiger partial charge in [-0.2, -0.15) is 0 Å². The van der Waals surface area contributed by atoms with E-state index in [1.807, 2.05) is 23.1 Å². The van der Waals surface area contributed by atoms with E-state index in [9.17, 15) is 4.79 Å². The summed E-state index contributed by atoms with van der Waals surface area (Å²) in [6, 6.07) is 5.92. The minimum atomic E-state index is -0.237. The van der Waals surface area contributed by atoms with Crippen LogP contribution in [0.4, 0.5) is 0 Å². The van der Waals surface area contributed by atoms with Gasteiger partial charge in [-0.3, -0.25) is 4.79 Å². The fraction of sp³-hybridized carbons (Fsp3) is 0.600. The molecule has 1 N–H and O–H groups in total. The van der Waals surface area contributed by atoms with Crippen LogP contribution in [0.15, 0.2) is 23.2 Å². The number of fused-ring (bicyclic) bond motifs is 1. The highest BCUT2D eigenvalue weighted by molar-refractivity contribution is 5.82. The number of hydrogen-bond donors (Lipinski definition) is 1. The Hall–Kier alpha value is -2.48. The normalized spacial score (nSPS) is 21.9. The number of guanidine groups is 1. The van der Waals surface area contributed by atoms with E-state index in [2.05, 4.69) is 17.1 Å². The maximum Gasteiger partial charge on any atom is 0.251 e. The number of nitrogens with zero attached hydrogens (tertiary/aromatic N) is 3. The van der Waals surface area contributed by atoms with E-state index >= 15 is 0 Å². The van der Waals surface area contributed by atoms with Gasteiger partial charge in [0.05, 0.1) is 6.54 Å². The van der Waals surface area contributed by atoms with E-state index in [0.29, 0.717) is 26.2 Å². The molecule has 2 saturated heterocycles. The van der Waals surface area contributed by atoms with Crippen molar-refractivity contribution in [3.8, 4) is 11.5 Å². The summed E-state index contributed by atoms with van der Waals surface area (Å²) in [6.07, 6.45) is 1.59. The van der Waals surface area contributed by atoms with Gasteiger partial charge in [0.1, 0.15) is 6.10 Å². The van der Waals surface area contributed by atoms with Crippen molar-refractivity contribution in [2.24, 2.45) is 4.99 Å². The molecule has 3 aliphatic rings. The Kier molecular flexibility index (Phi) is 5.85. The molecular weight excluding hydrogens is 360 g/mol. The third-order valence-corrected chi connectivity index (χ3v) is 5.28. The minimum Gasteiger partial charge on any atom is -0.454 e. The van der Waals surface area contributed by atoms with Crippen molar-refractivity contribution in [1.29, 1.82) is 0 Å². The predicted octanol–water partition coefficient (Wildman–Crippen LogP) is 1.20. The van der Waals surface area contributed by atoms with Crippen molar-refractivity contribution in [2.75, 3.05) is 46.1 Å². The summed E-state index contributed by atoms with van der Waals surface area (Å²) >= 11 is 0. The summed E-state index contributed by atoms with van der Waals surface area (Å²) in [5, 5.41) is 3.37. The highest BCUT2D eigenvalue weighted by Crippen LogP contribution is 2.32. The number of piperazine rings is 1. The molecule has 152 valence electrons. The zero-order valence-electron chi connectivity index (χ0n) is 16.4. The smallest absolute Gasteiger partial charge is 0.251 e. The number of rotatable bonds is 4. The van der Waals surface area contributed by atoms with Crippen molar-refractivity contribution in [2.45, 2.75) is 32.4 Å². The second kappa shape index (κ2) is 8.68. The lowest BCUT2D eigenvalue weighted by Gasteiger charge is -2.37. The second-order valence-electron chi connectivity index (χ2n) is 7.17. The Balaban J connectivity index is 1.35. The molecule has 1 atom stereocenters. The molecule has 8 nitrogen and oxygen atoms in total. The van der Waals surface area contributed by atoms with Gasteiger partial charge in [0.25, 0.3) is 5.91 Å². The van der Waals surface area contributed by atoms with Gasteiger partial charge in [-0.15, -0.1) is 0 Å². The number of ether oxygens (including phenoxy) is 3. The van der Waals surface area contributed by atoms with Crippen molar-refractivity contribution in [1.82, 2.24) is 15.1 Å². The number of benzene rings is 1. The van der Waals surface area contributed by atoms with Gasteiger partial charge in [0, 0.05) is 39.3 Å². The Morgan fingerprint density at radius 3 is 2.71 bits per heavy atom. The van der Waals surface area contributed by atoms with E-state index in [0.717, 1.165) is 55.5 Å². The van der Waals surface area contributed by atoms with Gasteiger partial charge < -0.3 is 29.3 Å². The average molecular weight is 388 g/mol. The molecule has 2 fully saturated rings. The lowest BCUT2D eigenvalue weighted by molar-refractivity contribution is -0.142. The third kappa shape index (κ3) is 4.16. The number of amides is 1. The van der Waals surface area contributed by atoms with E-state index in [-0.39, 0.29) is 18.8 Å². The summed E-state index contributed by atoms with van der Waals surface area (Å²) in [6.45, 7) is 7.35. The maximum absolute atomic E-state index is 12.5. The minimum absolute atomic E-state index is 0.138. The molecule has 1 aromatic carbocycles.